The van der Waals surface area contributed by atoms with Gasteiger partial charge in [0.05, 0.1) is 0 Å². The third kappa shape index (κ3) is 2.56. The Balaban J connectivity index is 2.62. The second kappa shape index (κ2) is 3.86. The Morgan fingerprint density at radius 1 is 0.882 bits per heavy atom. The van der Waals surface area contributed by atoms with E-state index < -0.39 is 0 Å². The highest BCUT2D eigenvalue weighted by molar-refractivity contribution is 5.48. The molecule has 93 valence electrons. The van der Waals surface area contributed by atoms with Crippen molar-refractivity contribution in [1.29, 1.82) is 0 Å². The molecule has 1 atom stereocenters. The van der Waals surface area contributed by atoms with E-state index >= 15 is 0 Å². The minimum Gasteiger partial charge on any atom is -0.0617 e. The second-order valence-corrected chi connectivity index (χ2v) is 7.34. The van der Waals surface area contributed by atoms with Crippen LogP contribution >= 0.6 is 0 Å². The summed E-state index contributed by atoms with van der Waals surface area (Å²) in [4.78, 5) is 0. The van der Waals surface area contributed by atoms with Gasteiger partial charge in [-0.2, -0.15) is 0 Å². The summed E-state index contributed by atoms with van der Waals surface area (Å²) in [6.07, 6.45) is 3.69. The van der Waals surface area contributed by atoms with Crippen molar-refractivity contribution in [3.05, 3.63) is 41.3 Å². The lowest BCUT2D eigenvalue weighted by Gasteiger charge is -2.30. The van der Waals surface area contributed by atoms with E-state index in [9.17, 15) is 0 Å². The van der Waals surface area contributed by atoms with Crippen LogP contribution < -0.4 is 0 Å². The molecule has 1 aromatic rings. The van der Waals surface area contributed by atoms with E-state index in [1.54, 1.807) is 5.56 Å². The van der Waals surface area contributed by atoms with Crippen LogP contribution in [0.4, 0.5) is 0 Å². The van der Waals surface area contributed by atoms with Gasteiger partial charge in [0, 0.05) is 0 Å². The molecule has 1 unspecified atom stereocenters. The van der Waals surface area contributed by atoms with Crippen molar-refractivity contribution in [1.82, 2.24) is 0 Å². The molecule has 1 radical (unpaired) electrons. The summed E-state index contributed by atoms with van der Waals surface area (Å²) >= 11 is 0. The lowest BCUT2D eigenvalue weighted by atomic mass is 9.75. The highest BCUT2D eigenvalue weighted by atomic mass is 14.4. The molecule has 1 saturated carbocycles. The van der Waals surface area contributed by atoms with Crippen LogP contribution in [0.3, 0.4) is 0 Å². The molecule has 0 saturated heterocycles. The molecule has 2 rings (SSSR count). The molecule has 0 bridgehead atoms. The maximum absolute atomic E-state index is 2.43. The van der Waals surface area contributed by atoms with Gasteiger partial charge < -0.3 is 0 Å². The number of rotatable bonds is 1. The molecule has 1 aliphatic carbocycles. The average molecular weight is 229 g/mol. The largest absolute Gasteiger partial charge is 0.0617 e. The Hall–Kier alpha value is -0.780. The smallest absolute Gasteiger partial charge is 0.0122 e. The average Bonchev–Trinajstić information content (AvgIpc) is 2.96. The maximum atomic E-state index is 2.43. The number of hydrogen-bond donors (Lipinski definition) is 0. The molecule has 0 aromatic heterocycles. The maximum Gasteiger partial charge on any atom is -0.0122 e. The van der Waals surface area contributed by atoms with Crippen LogP contribution in [0.25, 0.3) is 0 Å². The predicted octanol–water partition coefficient (Wildman–Crippen LogP) is 4.97. The quantitative estimate of drug-likeness (QED) is 0.637. The Morgan fingerprint density at radius 2 is 1.29 bits per heavy atom. The summed E-state index contributed by atoms with van der Waals surface area (Å²) in [7, 11) is 0. The topological polar surface area (TPSA) is 0 Å². The molecule has 17 heavy (non-hydrogen) atoms. The molecule has 0 heteroatoms. The van der Waals surface area contributed by atoms with Crippen LogP contribution in [-0.4, -0.2) is 0 Å². The fourth-order valence-corrected chi connectivity index (χ4v) is 2.58. The number of benzene rings is 1. The van der Waals surface area contributed by atoms with Gasteiger partial charge in [-0.3, -0.25) is 0 Å². The third-order valence-electron chi connectivity index (χ3n) is 3.56. The Kier molecular flexibility index (Phi) is 2.88. The molecule has 0 aliphatic heterocycles. The van der Waals surface area contributed by atoms with Crippen molar-refractivity contribution in [3.8, 4) is 0 Å². The van der Waals surface area contributed by atoms with Crippen molar-refractivity contribution in [2.24, 2.45) is 0 Å². The van der Waals surface area contributed by atoms with Crippen molar-refractivity contribution < 1.29 is 0 Å². The van der Waals surface area contributed by atoms with Gasteiger partial charge in [-0.25, -0.2) is 0 Å². The van der Waals surface area contributed by atoms with Crippen LogP contribution in [0.5, 0.6) is 0 Å². The lowest BCUT2D eigenvalue weighted by Crippen LogP contribution is -2.20. The van der Waals surface area contributed by atoms with E-state index in [0.717, 1.165) is 0 Å². The zero-order chi connectivity index (χ0) is 12.8. The monoisotopic (exact) mass is 229 g/mol. The predicted molar refractivity (Wildman–Crippen MR) is 75.5 cm³/mol. The van der Waals surface area contributed by atoms with E-state index in [0.29, 0.717) is 5.92 Å². The van der Waals surface area contributed by atoms with Crippen molar-refractivity contribution in [3.63, 3.8) is 0 Å². The van der Waals surface area contributed by atoms with Gasteiger partial charge in [-0.05, 0) is 46.3 Å². The zero-order valence-corrected chi connectivity index (χ0v) is 12.1. The lowest BCUT2D eigenvalue weighted by molar-refractivity contribution is 0.556. The standard InChI is InChI=1S/C17H25/c1-16(2,3)13-8-7-9-14(17(4,5)6)15(13)12-10-11-12/h7-10,12H,11H2,1-6H3. The van der Waals surface area contributed by atoms with E-state index in [-0.39, 0.29) is 10.8 Å². The van der Waals surface area contributed by atoms with Crippen molar-refractivity contribution in [2.45, 2.75) is 64.7 Å². The van der Waals surface area contributed by atoms with Gasteiger partial charge >= 0.3 is 0 Å². The summed E-state index contributed by atoms with van der Waals surface area (Å²) in [5.74, 6) is 0.708. The summed E-state index contributed by atoms with van der Waals surface area (Å²) in [6.45, 7) is 13.9. The van der Waals surface area contributed by atoms with Crippen LogP contribution in [0, 0.1) is 6.42 Å². The van der Waals surface area contributed by atoms with Gasteiger partial charge in [0.25, 0.3) is 0 Å². The van der Waals surface area contributed by atoms with E-state index in [1.807, 2.05) is 0 Å². The molecule has 0 N–H and O–H groups in total. The van der Waals surface area contributed by atoms with Crippen LogP contribution in [0.1, 0.15) is 70.6 Å². The fraction of sp³-hybridized carbons (Fsp3) is 0.588. The molecule has 1 aliphatic rings. The van der Waals surface area contributed by atoms with E-state index in [2.05, 4.69) is 66.2 Å². The third-order valence-corrected chi connectivity index (χ3v) is 3.56. The highest BCUT2D eigenvalue weighted by Gasteiger charge is 2.34. The molecule has 0 amide bonds. The molecule has 0 nitrogen and oxygen atoms in total. The van der Waals surface area contributed by atoms with Gasteiger partial charge in [0.15, 0.2) is 0 Å². The Morgan fingerprint density at radius 3 is 1.59 bits per heavy atom. The zero-order valence-electron chi connectivity index (χ0n) is 12.1. The van der Waals surface area contributed by atoms with Crippen LogP contribution in [-0.2, 0) is 10.8 Å². The SMILES string of the molecule is CC(C)(C)c1cccc(C(C)(C)C)c1C1[CH]C1. The molecular weight excluding hydrogens is 204 g/mol. The normalized spacial score (nSPS) is 17.3. The molecule has 1 fully saturated rings. The molecule has 0 spiro atoms. The highest BCUT2D eigenvalue weighted by Crippen LogP contribution is 2.47. The number of hydrogen-bond acceptors (Lipinski definition) is 0. The summed E-state index contributed by atoms with van der Waals surface area (Å²) < 4.78 is 0. The first-order valence-corrected chi connectivity index (χ1v) is 6.68. The van der Waals surface area contributed by atoms with Gasteiger partial charge in [0.2, 0.25) is 0 Å². The fourth-order valence-electron chi connectivity index (χ4n) is 2.58. The molecule has 1 aromatic carbocycles. The van der Waals surface area contributed by atoms with E-state index in [1.165, 1.54) is 17.5 Å². The van der Waals surface area contributed by atoms with Gasteiger partial charge in [-0.1, -0.05) is 59.7 Å². The minimum absolute atomic E-state index is 0.243. The van der Waals surface area contributed by atoms with Crippen molar-refractivity contribution >= 4 is 0 Å². The summed E-state index contributed by atoms with van der Waals surface area (Å²) in [6, 6.07) is 6.86. The molecule has 0 heterocycles. The summed E-state index contributed by atoms with van der Waals surface area (Å²) in [5, 5.41) is 0. The Bertz CT molecular complexity index is 376. The first-order valence-electron chi connectivity index (χ1n) is 6.68. The minimum atomic E-state index is 0.243. The van der Waals surface area contributed by atoms with E-state index in [4.69, 9.17) is 0 Å². The van der Waals surface area contributed by atoms with Gasteiger partial charge in [0.1, 0.15) is 0 Å². The first-order chi connectivity index (χ1) is 7.71. The van der Waals surface area contributed by atoms with Gasteiger partial charge in [-0.15, -0.1) is 0 Å². The summed E-state index contributed by atoms with van der Waals surface area (Å²) in [5.41, 5.74) is 5.15. The first kappa shape index (κ1) is 12.7. The second-order valence-electron chi connectivity index (χ2n) is 7.34. The van der Waals surface area contributed by atoms with Crippen LogP contribution in [0.2, 0.25) is 0 Å². The van der Waals surface area contributed by atoms with Crippen molar-refractivity contribution in [2.75, 3.05) is 0 Å². The van der Waals surface area contributed by atoms with Crippen LogP contribution in [0.15, 0.2) is 18.2 Å². The molecular formula is C17H25. The Labute approximate surface area is 106 Å².